The van der Waals surface area contributed by atoms with E-state index in [4.69, 9.17) is 5.11 Å². The summed E-state index contributed by atoms with van der Waals surface area (Å²) in [7, 11) is -3.29. The Bertz CT molecular complexity index is 460. The number of aromatic nitrogens is 1. The van der Waals surface area contributed by atoms with E-state index in [0.717, 1.165) is 12.7 Å². The fourth-order valence-electron chi connectivity index (χ4n) is 1.53. The highest BCUT2D eigenvalue weighted by Crippen LogP contribution is 2.19. The topological polar surface area (TPSA) is 79.3 Å². The number of aliphatic hydroxyl groups excluding tert-OH is 1. The molecule has 0 saturated carbocycles. The third-order valence-corrected chi connectivity index (χ3v) is 3.61. The molecule has 1 aromatic rings. The van der Waals surface area contributed by atoms with E-state index in [0.29, 0.717) is 12.2 Å². The average molecular weight is 258 g/mol. The number of rotatable bonds is 6. The van der Waals surface area contributed by atoms with Gasteiger partial charge in [-0.05, 0) is 25.0 Å². The smallest absolute Gasteiger partial charge is 0.179 e. The van der Waals surface area contributed by atoms with Crippen LogP contribution in [0.5, 0.6) is 0 Å². The van der Waals surface area contributed by atoms with E-state index in [1.807, 2.05) is 6.92 Å². The molecule has 6 heteroatoms. The highest BCUT2D eigenvalue weighted by Gasteiger charge is 2.16. The molecule has 0 spiro atoms. The van der Waals surface area contributed by atoms with Crippen molar-refractivity contribution in [1.82, 2.24) is 4.98 Å². The zero-order valence-electron chi connectivity index (χ0n) is 10.0. The second-order valence-corrected chi connectivity index (χ2v) is 5.87. The molecule has 0 aliphatic carbocycles. The van der Waals surface area contributed by atoms with Crippen molar-refractivity contribution >= 4 is 15.7 Å². The number of hydrogen-bond acceptors (Lipinski definition) is 5. The van der Waals surface area contributed by atoms with Crippen molar-refractivity contribution in [3.63, 3.8) is 0 Å². The van der Waals surface area contributed by atoms with Crippen LogP contribution in [0, 0.1) is 0 Å². The monoisotopic (exact) mass is 258 g/mol. The first-order valence-corrected chi connectivity index (χ1v) is 7.40. The first-order chi connectivity index (χ1) is 7.99. The van der Waals surface area contributed by atoms with Gasteiger partial charge in [-0.3, -0.25) is 0 Å². The standard InChI is InChI=1S/C11H18N2O3S/c1-3-9(6-8-14)13-11-10(17(2,15)16)5-4-7-12-11/h4-5,7,9,14H,3,6,8H2,1-2H3,(H,12,13). The Labute approximate surface area is 102 Å². The van der Waals surface area contributed by atoms with Gasteiger partial charge in [-0.25, -0.2) is 13.4 Å². The van der Waals surface area contributed by atoms with Crippen LogP contribution < -0.4 is 5.32 Å². The third-order valence-electron chi connectivity index (χ3n) is 2.48. The Morgan fingerprint density at radius 2 is 2.24 bits per heavy atom. The summed E-state index contributed by atoms with van der Waals surface area (Å²) in [6, 6.07) is 3.14. The highest BCUT2D eigenvalue weighted by atomic mass is 32.2. The largest absolute Gasteiger partial charge is 0.396 e. The maximum atomic E-state index is 11.6. The lowest BCUT2D eigenvalue weighted by atomic mass is 10.1. The molecule has 0 saturated heterocycles. The molecule has 1 unspecified atom stereocenters. The highest BCUT2D eigenvalue weighted by molar-refractivity contribution is 7.90. The van der Waals surface area contributed by atoms with Gasteiger partial charge in [-0.2, -0.15) is 0 Å². The van der Waals surface area contributed by atoms with E-state index >= 15 is 0 Å². The summed E-state index contributed by atoms with van der Waals surface area (Å²) in [4.78, 5) is 4.23. The molecule has 1 heterocycles. The fourth-order valence-corrected chi connectivity index (χ4v) is 2.31. The Morgan fingerprint density at radius 3 is 2.76 bits per heavy atom. The summed E-state index contributed by atoms with van der Waals surface area (Å²) < 4.78 is 23.1. The van der Waals surface area contributed by atoms with Crippen molar-refractivity contribution in [2.45, 2.75) is 30.7 Å². The van der Waals surface area contributed by atoms with E-state index in [1.54, 1.807) is 12.3 Å². The maximum absolute atomic E-state index is 11.6. The summed E-state index contributed by atoms with van der Waals surface area (Å²) in [6.45, 7) is 2.03. The van der Waals surface area contributed by atoms with Crippen LogP contribution in [0.15, 0.2) is 23.2 Å². The van der Waals surface area contributed by atoms with Gasteiger partial charge in [0.15, 0.2) is 9.84 Å². The van der Waals surface area contributed by atoms with Gasteiger partial charge >= 0.3 is 0 Å². The summed E-state index contributed by atoms with van der Waals surface area (Å²) in [6.07, 6.45) is 4.06. The van der Waals surface area contributed by atoms with Crippen molar-refractivity contribution in [3.8, 4) is 0 Å². The quantitative estimate of drug-likeness (QED) is 0.797. The number of hydrogen-bond donors (Lipinski definition) is 2. The minimum Gasteiger partial charge on any atom is -0.396 e. The van der Waals surface area contributed by atoms with E-state index in [9.17, 15) is 8.42 Å². The molecule has 1 atom stereocenters. The third kappa shape index (κ3) is 3.98. The van der Waals surface area contributed by atoms with Crippen molar-refractivity contribution < 1.29 is 13.5 Å². The second-order valence-electron chi connectivity index (χ2n) is 3.88. The molecular weight excluding hydrogens is 240 g/mol. The van der Waals surface area contributed by atoms with Crippen molar-refractivity contribution in [2.24, 2.45) is 0 Å². The zero-order chi connectivity index (χ0) is 12.9. The molecule has 0 aliphatic rings. The summed E-state index contributed by atoms with van der Waals surface area (Å²) in [5.74, 6) is 0.357. The Balaban J connectivity index is 2.98. The van der Waals surface area contributed by atoms with E-state index < -0.39 is 9.84 Å². The van der Waals surface area contributed by atoms with Crippen molar-refractivity contribution in [2.75, 3.05) is 18.2 Å². The van der Waals surface area contributed by atoms with Gasteiger partial charge < -0.3 is 10.4 Å². The molecule has 0 fully saturated rings. The lowest BCUT2D eigenvalue weighted by Gasteiger charge is -2.17. The molecule has 96 valence electrons. The molecule has 1 rings (SSSR count). The van der Waals surface area contributed by atoms with Gasteiger partial charge in [0.1, 0.15) is 10.7 Å². The van der Waals surface area contributed by atoms with Gasteiger partial charge in [-0.15, -0.1) is 0 Å². The Kier molecular flexibility index (Phi) is 4.89. The van der Waals surface area contributed by atoms with E-state index in [-0.39, 0.29) is 17.5 Å². The molecule has 5 nitrogen and oxygen atoms in total. The molecule has 0 bridgehead atoms. The summed E-state index contributed by atoms with van der Waals surface area (Å²) >= 11 is 0. The summed E-state index contributed by atoms with van der Waals surface area (Å²) in [5.41, 5.74) is 0. The van der Waals surface area contributed by atoms with Crippen LogP contribution in [0.4, 0.5) is 5.82 Å². The van der Waals surface area contributed by atoms with Gasteiger partial charge in [0.05, 0.1) is 0 Å². The molecule has 1 aromatic heterocycles. The predicted molar refractivity (Wildman–Crippen MR) is 66.8 cm³/mol. The average Bonchev–Trinajstić information content (AvgIpc) is 2.27. The van der Waals surface area contributed by atoms with Crippen LogP contribution in [-0.4, -0.2) is 37.4 Å². The van der Waals surface area contributed by atoms with Crippen LogP contribution in [0.1, 0.15) is 19.8 Å². The number of anilines is 1. The Hall–Kier alpha value is -1.14. The fraction of sp³-hybridized carbons (Fsp3) is 0.545. The molecule has 0 amide bonds. The second kappa shape index (κ2) is 5.97. The number of pyridine rings is 1. The van der Waals surface area contributed by atoms with Gasteiger partial charge in [0.2, 0.25) is 0 Å². The van der Waals surface area contributed by atoms with Crippen LogP contribution >= 0.6 is 0 Å². The van der Waals surface area contributed by atoms with Crippen LogP contribution in [0.3, 0.4) is 0 Å². The normalized spacial score (nSPS) is 13.4. The zero-order valence-corrected chi connectivity index (χ0v) is 10.9. The molecular formula is C11H18N2O3S. The Morgan fingerprint density at radius 1 is 1.53 bits per heavy atom. The first-order valence-electron chi connectivity index (χ1n) is 5.51. The SMILES string of the molecule is CCC(CCO)Nc1ncccc1S(C)(=O)=O. The van der Waals surface area contributed by atoms with E-state index in [1.165, 1.54) is 6.07 Å². The van der Waals surface area contributed by atoms with Crippen LogP contribution in [-0.2, 0) is 9.84 Å². The minimum atomic E-state index is -3.29. The van der Waals surface area contributed by atoms with Gasteiger partial charge in [0.25, 0.3) is 0 Å². The van der Waals surface area contributed by atoms with Gasteiger partial charge in [-0.1, -0.05) is 6.92 Å². The minimum absolute atomic E-state index is 0.0235. The lowest BCUT2D eigenvalue weighted by molar-refractivity contribution is 0.278. The van der Waals surface area contributed by atoms with Crippen LogP contribution in [0.2, 0.25) is 0 Å². The van der Waals surface area contributed by atoms with E-state index in [2.05, 4.69) is 10.3 Å². The van der Waals surface area contributed by atoms with Crippen LogP contribution in [0.25, 0.3) is 0 Å². The number of nitrogens with one attached hydrogen (secondary N) is 1. The molecule has 0 aliphatic heterocycles. The molecule has 2 N–H and O–H groups in total. The van der Waals surface area contributed by atoms with Gasteiger partial charge in [0, 0.05) is 25.1 Å². The molecule has 17 heavy (non-hydrogen) atoms. The van der Waals surface area contributed by atoms with Crippen molar-refractivity contribution in [1.29, 1.82) is 0 Å². The lowest BCUT2D eigenvalue weighted by Crippen LogP contribution is -2.22. The first kappa shape index (κ1) is 13.9. The number of sulfone groups is 1. The molecule has 0 radical (unpaired) electrons. The summed E-state index contributed by atoms with van der Waals surface area (Å²) in [5, 5.41) is 12.0. The number of nitrogens with zero attached hydrogens (tertiary/aromatic N) is 1. The predicted octanol–water partition coefficient (Wildman–Crippen LogP) is 1.06. The maximum Gasteiger partial charge on any atom is 0.179 e. The number of aliphatic hydroxyl groups is 1. The molecule has 0 aromatic carbocycles. The van der Waals surface area contributed by atoms with Crippen molar-refractivity contribution in [3.05, 3.63) is 18.3 Å².